The monoisotopic (exact) mass is 442 g/mol. The Labute approximate surface area is 178 Å². The fourth-order valence-electron chi connectivity index (χ4n) is 3.55. The van der Waals surface area contributed by atoms with E-state index in [9.17, 15) is 27.6 Å². The third-order valence-corrected chi connectivity index (χ3v) is 5.26. The molecule has 0 aliphatic heterocycles. The summed E-state index contributed by atoms with van der Waals surface area (Å²) in [5, 5.41) is 2.16. The highest BCUT2D eigenvalue weighted by Crippen LogP contribution is 2.33. The zero-order valence-electron chi connectivity index (χ0n) is 16.9. The van der Waals surface area contributed by atoms with Gasteiger partial charge in [0.25, 0.3) is 11.5 Å². The molecule has 0 saturated carbocycles. The van der Waals surface area contributed by atoms with Crippen molar-refractivity contribution in [3.8, 4) is 5.69 Å². The molecule has 0 bridgehead atoms. The average molecular weight is 442 g/mol. The summed E-state index contributed by atoms with van der Waals surface area (Å²) in [7, 11) is 1.64. The molecule has 2 aromatic heterocycles. The van der Waals surface area contributed by atoms with Crippen LogP contribution in [0.25, 0.3) is 16.6 Å². The highest BCUT2D eigenvalue weighted by atomic mass is 19.4. The standard InChI is InChI=1S/C22H17F3N4O3/c1-12-17(21(32)29(28(12)2)13-7-4-3-5-8-13)27-20(31)15-11-26-18-14(19(15)30)9-6-10-16(18)22(23,24)25/h3-11H,1-2H3,(H,26,30)(H,27,31). The summed E-state index contributed by atoms with van der Waals surface area (Å²) in [6.07, 6.45) is -3.75. The van der Waals surface area contributed by atoms with Gasteiger partial charge in [0.05, 0.1) is 22.5 Å². The highest BCUT2D eigenvalue weighted by molar-refractivity contribution is 6.06. The van der Waals surface area contributed by atoms with Gasteiger partial charge < -0.3 is 10.3 Å². The van der Waals surface area contributed by atoms with E-state index >= 15 is 0 Å². The number of amides is 1. The van der Waals surface area contributed by atoms with Crippen LogP contribution >= 0.6 is 0 Å². The van der Waals surface area contributed by atoms with E-state index in [-0.39, 0.29) is 11.1 Å². The molecule has 2 heterocycles. The van der Waals surface area contributed by atoms with E-state index in [4.69, 9.17) is 0 Å². The molecule has 0 radical (unpaired) electrons. The van der Waals surface area contributed by atoms with Crippen molar-refractivity contribution in [3.05, 3.63) is 92.1 Å². The molecule has 0 unspecified atom stereocenters. The number of hydrogen-bond acceptors (Lipinski definition) is 3. The first-order chi connectivity index (χ1) is 15.1. The topological polar surface area (TPSA) is 88.9 Å². The number of fused-ring (bicyclic) bond motifs is 1. The van der Waals surface area contributed by atoms with Crippen molar-refractivity contribution in [1.29, 1.82) is 0 Å². The predicted molar refractivity (Wildman–Crippen MR) is 113 cm³/mol. The molecule has 0 fully saturated rings. The van der Waals surface area contributed by atoms with Gasteiger partial charge in [-0.25, -0.2) is 4.68 Å². The number of nitrogens with zero attached hydrogens (tertiary/aromatic N) is 2. The second-order valence-corrected chi connectivity index (χ2v) is 7.15. The van der Waals surface area contributed by atoms with E-state index in [0.29, 0.717) is 11.4 Å². The van der Waals surface area contributed by atoms with Crippen LogP contribution < -0.4 is 16.3 Å². The molecular weight excluding hydrogens is 425 g/mol. The molecule has 0 aliphatic rings. The summed E-state index contributed by atoms with van der Waals surface area (Å²) in [5.41, 5.74) is -2.25. The molecule has 0 aliphatic carbocycles. The van der Waals surface area contributed by atoms with Crippen molar-refractivity contribution >= 4 is 22.5 Å². The number of aromatic amines is 1. The van der Waals surface area contributed by atoms with Gasteiger partial charge in [0, 0.05) is 18.6 Å². The van der Waals surface area contributed by atoms with E-state index in [1.54, 1.807) is 49.0 Å². The van der Waals surface area contributed by atoms with Gasteiger partial charge >= 0.3 is 6.18 Å². The molecule has 1 amide bonds. The average Bonchev–Trinajstić information content (AvgIpc) is 2.96. The van der Waals surface area contributed by atoms with Gasteiger partial charge in [-0.1, -0.05) is 24.3 Å². The number of aromatic nitrogens is 3. The second kappa shape index (κ2) is 7.56. The largest absolute Gasteiger partial charge is 0.418 e. The maximum atomic E-state index is 13.2. The van der Waals surface area contributed by atoms with E-state index in [1.165, 1.54) is 10.7 Å². The van der Waals surface area contributed by atoms with Crippen molar-refractivity contribution in [1.82, 2.24) is 14.3 Å². The minimum absolute atomic E-state index is 0.0371. The molecule has 4 rings (SSSR count). The summed E-state index contributed by atoms with van der Waals surface area (Å²) in [6, 6.07) is 11.9. The normalized spacial score (nSPS) is 11.7. The number of hydrogen-bond donors (Lipinski definition) is 2. The van der Waals surface area contributed by atoms with Crippen molar-refractivity contribution < 1.29 is 18.0 Å². The molecule has 2 aromatic carbocycles. The molecule has 0 saturated heterocycles. The van der Waals surface area contributed by atoms with E-state index in [2.05, 4.69) is 10.3 Å². The minimum Gasteiger partial charge on any atom is -0.360 e. The zero-order valence-corrected chi connectivity index (χ0v) is 16.9. The molecule has 2 N–H and O–H groups in total. The molecular formula is C22H17F3N4O3. The third-order valence-electron chi connectivity index (χ3n) is 5.26. The highest BCUT2D eigenvalue weighted by Gasteiger charge is 2.33. The van der Waals surface area contributed by atoms with Gasteiger partial charge in [0.1, 0.15) is 11.3 Å². The lowest BCUT2D eigenvalue weighted by Crippen LogP contribution is -2.26. The Hall–Kier alpha value is -4.08. The molecule has 32 heavy (non-hydrogen) atoms. The first kappa shape index (κ1) is 21.2. The predicted octanol–water partition coefficient (Wildman–Crippen LogP) is 3.60. The van der Waals surface area contributed by atoms with Gasteiger partial charge in [-0.2, -0.15) is 13.2 Å². The van der Waals surface area contributed by atoms with E-state index in [1.807, 2.05) is 0 Å². The van der Waals surface area contributed by atoms with Crippen LogP contribution in [0.2, 0.25) is 0 Å². The summed E-state index contributed by atoms with van der Waals surface area (Å²) in [6.45, 7) is 1.62. The van der Waals surface area contributed by atoms with E-state index < -0.39 is 39.7 Å². The molecule has 10 heteroatoms. The van der Waals surface area contributed by atoms with Crippen LogP contribution in [0, 0.1) is 6.92 Å². The van der Waals surface area contributed by atoms with Gasteiger partial charge in [-0.15, -0.1) is 0 Å². The van der Waals surface area contributed by atoms with Crippen molar-refractivity contribution in [3.63, 3.8) is 0 Å². The fraction of sp³-hybridized carbons (Fsp3) is 0.136. The Kier molecular flexibility index (Phi) is 5.00. The smallest absolute Gasteiger partial charge is 0.360 e. The molecule has 0 atom stereocenters. The number of carbonyl (C=O) groups is 1. The maximum absolute atomic E-state index is 13.2. The Balaban J connectivity index is 1.77. The second-order valence-electron chi connectivity index (χ2n) is 7.15. The minimum atomic E-state index is -4.67. The van der Waals surface area contributed by atoms with Crippen LogP contribution in [-0.2, 0) is 13.2 Å². The third kappa shape index (κ3) is 3.39. The van der Waals surface area contributed by atoms with Crippen LogP contribution in [0.4, 0.5) is 18.9 Å². The number of benzene rings is 2. The Morgan fingerprint density at radius 1 is 1.03 bits per heavy atom. The maximum Gasteiger partial charge on any atom is 0.418 e. The number of halogens is 3. The van der Waals surface area contributed by atoms with Crippen LogP contribution in [-0.4, -0.2) is 20.3 Å². The van der Waals surface area contributed by atoms with Crippen LogP contribution in [0.1, 0.15) is 21.6 Å². The van der Waals surface area contributed by atoms with E-state index in [0.717, 1.165) is 18.3 Å². The van der Waals surface area contributed by atoms with Crippen molar-refractivity contribution in [2.75, 3.05) is 5.32 Å². The Morgan fingerprint density at radius 3 is 2.38 bits per heavy atom. The number of nitrogens with one attached hydrogen (secondary N) is 2. The summed E-state index contributed by atoms with van der Waals surface area (Å²) >= 11 is 0. The molecule has 0 spiro atoms. The number of rotatable bonds is 3. The zero-order chi connectivity index (χ0) is 23.2. The van der Waals surface area contributed by atoms with Crippen molar-refractivity contribution in [2.24, 2.45) is 7.05 Å². The van der Waals surface area contributed by atoms with Gasteiger partial charge in [-0.3, -0.25) is 19.1 Å². The lowest BCUT2D eigenvalue weighted by molar-refractivity contribution is -0.136. The summed E-state index contributed by atoms with van der Waals surface area (Å²) in [5.74, 6) is -0.906. The Morgan fingerprint density at radius 2 is 1.72 bits per heavy atom. The number of H-pyrrole nitrogens is 1. The summed E-state index contributed by atoms with van der Waals surface area (Å²) < 4.78 is 42.6. The molecule has 164 valence electrons. The van der Waals surface area contributed by atoms with Crippen LogP contribution in [0.3, 0.4) is 0 Å². The van der Waals surface area contributed by atoms with Gasteiger partial charge in [0.15, 0.2) is 0 Å². The lowest BCUT2D eigenvalue weighted by Gasteiger charge is -2.11. The van der Waals surface area contributed by atoms with Gasteiger partial charge in [-0.05, 0) is 31.2 Å². The SMILES string of the molecule is Cc1c(NC(=O)c2c[nH]c3c(C(F)(F)F)cccc3c2=O)c(=O)n(-c2ccccc2)n1C. The Bertz CT molecular complexity index is 1460. The number of pyridine rings is 1. The first-order valence-electron chi connectivity index (χ1n) is 9.48. The van der Waals surface area contributed by atoms with Gasteiger partial charge in [0.2, 0.25) is 5.43 Å². The number of alkyl halides is 3. The molecule has 4 aromatic rings. The number of carbonyl (C=O) groups excluding carboxylic acids is 1. The van der Waals surface area contributed by atoms with Crippen LogP contribution in [0.5, 0.6) is 0 Å². The quantitative estimate of drug-likeness (QED) is 0.508. The van der Waals surface area contributed by atoms with Crippen LogP contribution in [0.15, 0.2) is 64.3 Å². The lowest BCUT2D eigenvalue weighted by atomic mass is 10.1. The number of para-hydroxylation sites is 2. The fourth-order valence-corrected chi connectivity index (χ4v) is 3.55. The molecule has 7 nitrogen and oxygen atoms in total. The van der Waals surface area contributed by atoms with Crippen molar-refractivity contribution in [2.45, 2.75) is 13.1 Å². The number of anilines is 1. The summed E-state index contributed by atoms with van der Waals surface area (Å²) in [4.78, 5) is 40.9. The first-order valence-corrected chi connectivity index (χ1v) is 9.48.